The van der Waals surface area contributed by atoms with Crippen LogP contribution in [0.2, 0.25) is 0 Å². The average Bonchev–Trinajstić information content (AvgIpc) is 3.14. The zero-order chi connectivity index (χ0) is 21.9. The number of oxazole rings is 1. The Morgan fingerprint density at radius 3 is 2.50 bits per heavy atom. The highest BCUT2D eigenvalue weighted by Crippen LogP contribution is 2.34. The SMILES string of the molecule is COc1ccc(C2CCCCCN2C(=O)C2CCN(c3nc4ccccc4o3)CC2)cc1. The summed E-state index contributed by atoms with van der Waals surface area (Å²) >= 11 is 0. The van der Waals surface area contributed by atoms with Gasteiger partial charge in [0.1, 0.15) is 11.3 Å². The van der Waals surface area contributed by atoms with Gasteiger partial charge in [-0.25, -0.2) is 0 Å². The molecule has 2 saturated heterocycles. The molecule has 1 amide bonds. The fraction of sp³-hybridized carbons (Fsp3) is 0.462. The van der Waals surface area contributed by atoms with Crippen molar-refractivity contribution in [3.8, 4) is 5.75 Å². The van der Waals surface area contributed by atoms with Gasteiger partial charge in [0.05, 0.1) is 13.2 Å². The van der Waals surface area contributed by atoms with Crippen LogP contribution in [0.1, 0.15) is 50.1 Å². The lowest BCUT2D eigenvalue weighted by atomic mass is 9.93. The molecule has 32 heavy (non-hydrogen) atoms. The fourth-order valence-electron chi connectivity index (χ4n) is 5.09. The van der Waals surface area contributed by atoms with Crippen molar-refractivity contribution in [1.82, 2.24) is 9.88 Å². The number of para-hydroxylation sites is 2. The van der Waals surface area contributed by atoms with Gasteiger partial charge in [-0.2, -0.15) is 4.98 Å². The number of benzene rings is 2. The number of hydrogen-bond acceptors (Lipinski definition) is 5. The molecule has 2 aliphatic rings. The molecule has 0 N–H and O–H groups in total. The van der Waals surface area contributed by atoms with Gasteiger partial charge in [-0.1, -0.05) is 37.1 Å². The van der Waals surface area contributed by atoms with Gasteiger partial charge in [0.25, 0.3) is 6.01 Å². The van der Waals surface area contributed by atoms with E-state index in [1.54, 1.807) is 7.11 Å². The van der Waals surface area contributed by atoms with Gasteiger partial charge in [-0.15, -0.1) is 0 Å². The predicted molar refractivity (Wildman–Crippen MR) is 125 cm³/mol. The van der Waals surface area contributed by atoms with E-state index in [4.69, 9.17) is 9.15 Å². The Labute approximate surface area is 189 Å². The highest BCUT2D eigenvalue weighted by atomic mass is 16.5. The van der Waals surface area contributed by atoms with Crippen LogP contribution in [-0.4, -0.2) is 42.5 Å². The number of aromatic nitrogens is 1. The van der Waals surface area contributed by atoms with Gasteiger partial charge in [0, 0.05) is 25.6 Å². The van der Waals surface area contributed by atoms with Crippen LogP contribution in [0.3, 0.4) is 0 Å². The molecule has 5 rings (SSSR count). The minimum atomic E-state index is 0.0643. The van der Waals surface area contributed by atoms with E-state index in [-0.39, 0.29) is 12.0 Å². The summed E-state index contributed by atoms with van der Waals surface area (Å²) in [6.45, 7) is 2.44. The number of ether oxygens (including phenoxy) is 1. The molecule has 0 spiro atoms. The first-order valence-corrected chi connectivity index (χ1v) is 11.8. The van der Waals surface area contributed by atoms with Crippen molar-refractivity contribution in [1.29, 1.82) is 0 Å². The van der Waals surface area contributed by atoms with Gasteiger partial charge in [-0.05, 0) is 55.5 Å². The molecule has 2 fully saturated rings. The molecule has 6 heteroatoms. The maximum absolute atomic E-state index is 13.6. The lowest BCUT2D eigenvalue weighted by molar-refractivity contribution is -0.138. The Hall–Kier alpha value is -3.02. The molecular formula is C26H31N3O3. The Morgan fingerprint density at radius 2 is 1.75 bits per heavy atom. The number of hydrogen-bond donors (Lipinski definition) is 0. The van der Waals surface area contributed by atoms with Crippen molar-refractivity contribution in [2.24, 2.45) is 5.92 Å². The van der Waals surface area contributed by atoms with Crippen LogP contribution < -0.4 is 9.64 Å². The summed E-state index contributed by atoms with van der Waals surface area (Å²) in [7, 11) is 1.68. The molecule has 1 atom stereocenters. The highest BCUT2D eigenvalue weighted by Gasteiger charge is 2.34. The normalized spacial score (nSPS) is 20.3. The Bertz CT molecular complexity index is 1020. The summed E-state index contributed by atoms with van der Waals surface area (Å²) in [5.74, 6) is 1.23. The van der Waals surface area contributed by atoms with Gasteiger partial charge in [0.15, 0.2) is 5.58 Å². The quantitative estimate of drug-likeness (QED) is 0.566. The third-order valence-corrected chi connectivity index (χ3v) is 6.93. The monoisotopic (exact) mass is 433 g/mol. The third kappa shape index (κ3) is 4.18. The van der Waals surface area contributed by atoms with Crippen LogP contribution >= 0.6 is 0 Å². The van der Waals surface area contributed by atoms with Crippen LogP contribution in [0.15, 0.2) is 52.9 Å². The van der Waals surface area contributed by atoms with Crippen LogP contribution in [0.5, 0.6) is 5.75 Å². The lowest BCUT2D eigenvalue weighted by Crippen LogP contribution is -2.44. The Morgan fingerprint density at radius 1 is 0.969 bits per heavy atom. The van der Waals surface area contributed by atoms with Gasteiger partial charge in [-0.3, -0.25) is 4.79 Å². The predicted octanol–water partition coefficient (Wildman–Crippen LogP) is 5.20. The number of nitrogens with zero attached hydrogens (tertiary/aromatic N) is 3. The average molecular weight is 434 g/mol. The minimum Gasteiger partial charge on any atom is -0.497 e. The molecule has 0 radical (unpaired) electrons. The topological polar surface area (TPSA) is 58.8 Å². The highest BCUT2D eigenvalue weighted by molar-refractivity contribution is 5.80. The largest absolute Gasteiger partial charge is 0.497 e. The summed E-state index contributed by atoms with van der Waals surface area (Å²) in [5, 5.41) is 0. The van der Waals surface area contributed by atoms with E-state index in [0.29, 0.717) is 11.9 Å². The summed E-state index contributed by atoms with van der Waals surface area (Å²) in [6.07, 6.45) is 6.13. The molecule has 2 aliphatic heterocycles. The molecular weight excluding hydrogens is 402 g/mol. The fourth-order valence-corrected chi connectivity index (χ4v) is 5.09. The summed E-state index contributed by atoms with van der Waals surface area (Å²) < 4.78 is 11.3. The zero-order valence-electron chi connectivity index (χ0n) is 18.7. The molecule has 0 aliphatic carbocycles. The maximum Gasteiger partial charge on any atom is 0.298 e. The lowest BCUT2D eigenvalue weighted by Gasteiger charge is -2.37. The number of piperidine rings is 1. The standard InChI is InChI=1S/C26H31N3O3/c1-31-21-12-10-19(11-13-21)23-8-3-2-6-16-29(23)25(30)20-14-17-28(18-15-20)26-27-22-7-4-5-9-24(22)32-26/h4-5,7,9-13,20,23H,2-3,6,8,14-18H2,1H3. The number of amides is 1. The second-order valence-electron chi connectivity index (χ2n) is 8.90. The molecule has 1 unspecified atom stereocenters. The number of carbonyl (C=O) groups excluding carboxylic acids is 1. The van der Waals surface area contributed by atoms with Crippen LogP contribution in [-0.2, 0) is 4.79 Å². The summed E-state index contributed by atoms with van der Waals surface area (Å²) in [4.78, 5) is 22.6. The molecule has 168 valence electrons. The number of rotatable bonds is 4. The Balaban J connectivity index is 1.28. The van der Waals surface area contributed by atoms with E-state index in [1.807, 2.05) is 36.4 Å². The maximum atomic E-state index is 13.6. The first-order valence-electron chi connectivity index (χ1n) is 11.8. The number of carbonyl (C=O) groups is 1. The minimum absolute atomic E-state index is 0.0643. The summed E-state index contributed by atoms with van der Waals surface area (Å²) in [5.41, 5.74) is 2.91. The number of anilines is 1. The molecule has 0 saturated carbocycles. The number of methoxy groups -OCH3 is 1. The van der Waals surface area contributed by atoms with Crippen molar-refractivity contribution < 1.29 is 13.9 Å². The summed E-state index contributed by atoms with van der Waals surface area (Å²) in [6, 6.07) is 16.9. The molecule has 0 bridgehead atoms. The number of fused-ring (bicyclic) bond motifs is 1. The van der Waals surface area contributed by atoms with Crippen molar-refractivity contribution in [3.63, 3.8) is 0 Å². The molecule has 1 aromatic heterocycles. The van der Waals surface area contributed by atoms with E-state index in [0.717, 1.165) is 68.6 Å². The van der Waals surface area contributed by atoms with Crippen LogP contribution in [0.25, 0.3) is 11.1 Å². The number of likely N-dealkylation sites (tertiary alicyclic amines) is 1. The van der Waals surface area contributed by atoms with Crippen LogP contribution in [0, 0.1) is 5.92 Å². The van der Waals surface area contributed by atoms with Gasteiger partial charge in [0.2, 0.25) is 5.91 Å². The second kappa shape index (κ2) is 9.23. The van der Waals surface area contributed by atoms with Gasteiger partial charge < -0.3 is 19.0 Å². The van der Waals surface area contributed by atoms with Crippen LogP contribution in [0.4, 0.5) is 6.01 Å². The van der Waals surface area contributed by atoms with Crippen molar-refractivity contribution >= 4 is 23.0 Å². The molecule has 3 heterocycles. The van der Waals surface area contributed by atoms with E-state index >= 15 is 0 Å². The van der Waals surface area contributed by atoms with Crippen molar-refractivity contribution in [2.45, 2.75) is 44.6 Å². The van der Waals surface area contributed by atoms with E-state index in [1.165, 1.54) is 12.0 Å². The zero-order valence-corrected chi connectivity index (χ0v) is 18.7. The molecule has 2 aromatic carbocycles. The Kier molecular flexibility index (Phi) is 6.02. The molecule has 3 aromatic rings. The second-order valence-corrected chi connectivity index (χ2v) is 8.90. The van der Waals surface area contributed by atoms with E-state index in [2.05, 4.69) is 26.9 Å². The van der Waals surface area contributed by atoms with E-state index < -0.39 is 0 Å². The van der Waals surface area contributed by atoms with Gasteiger partial charge >= 0.3 is 0 Å². The molecule has 6 nitrogen and oxygen atoms in total. The van der Waals surface area contributed by atoms with E-state index in [9.17, 15) is 4.79 Å². The van der Waals surface area contributed by atoms with Crippen molar-refractivity contribution in [3.05, 3.63) is 54.1 Å². The third-order valence-electron chi connectivity index (χ3n) is 6.93. The van der Waals surface area contributed by atoms with Crippen molar-refractivity contribution in [2.75, 3.05) is 31.6 Å². The first-order chi connectivity index (χ1) is 15.7. The smallest absolute Gasteiger partial charge is 0.298 e. The first kappa shape index (κ1) is 20.9.